The van der Waals surface area contributed by atoms with E-state index in [2.05, 4.69) is 37.6 Å². The van der Waals surface area contributed by atoms with Crippen molar-refractivity contribution in [3.8, 4) is 5.75 Å². The Balaban J connectivity index is 1.39. The second kappa shape index (κ2) is 11.3. The molecule has 4 rings (SSSR count). The summed E-state index contributed by atoms with van der Waals surface area (Å²) in [6, 6.07) is 21.1. The Labute approximate surface area is 199 Å². The number of nitrogens with one attached hydrogen (secondary N) is 2. The topological polar surface area (TPSA) is 86.8 Å². The number of methoxy groups -OCH3 is 1. The van der Waals surface area contributed by atoms with Gasteiger partial charge in [0.15, 0.2) is 0 Å². The lowest BCUT2D eigenvalue weighted by Crippen LogP contribution is -2.50. The van der Waals surface area contributed by atoms with Crippen molar-refractivity contribution in [1.29, 1.82) is 0 Å². The molecule has 1 saturated heterocycles. The van der Waals surface area contributed by atoms with Crippen LogP contribution in [0.2, 0.25) is 0 Å². The van der Waals surface area contributed by atoms with Crippen molar-refractivity contribution in [2.45, 2.75) is 6.04 Å². The van der Waals surface area contributed by atoms with Gasteiger partial charge in [0.2, 0.25) is 0 Å². The van der Waals surface area contributed by atoms with Gasteiger partial charge in [-0.3, -0.25) is 19.5 Å². The lowest BCUT2D eigenvalue weighted by atomic mass is 10.1. The largest absolute Gasteiger partial charge is 0.495 e. The van der Waals surface area contributed by atoms with Crippen molar-refractivity contribution in [3.63, 3.8) is 0 Å². The average molecular weight is 460 g/mol. The first-order chi connectivity index (χ1) is 16.7. The summed E-state index contributed by atoms with van der Waals surface area (Å²) >= 11 is 0. The third-order valence-corrected chi connectivity index (χ3v) is 5.96. The number of carbonyl (C=O) groups excluding carboxylic acids is 2. The van der Waals surface area contributed by atoms with Crippen LogP contribution in [0.25, 0.3) is 0 Å². The Hall–Kier alpha value is -3.91. The van der Waals surface area contributed by atoms with Crippen molar-refractivity contribution in [2.75, 3.05) is 50.1 Å². The van der Waals surface area contributed by atoms with Crippen LogP contribution in [0.15, 0.2) is 79.1 Å². The zero-order chi connectivity index (χ0) is 23.8. The average Bonchev–Trinajstić information content (AvgIpc) is 2.90. The highest BCUT2D eigenvalue weighted by molar-refractivity contribution is 6.39. The summed E-state index contributed by atoms with van der Waals surface area (Å²) in [5, 5.41) is 5.42. The van der Waals surface area contributed by atoms with Crippen LogP contribution in [0.3, 0.4) is 0 Å². The smallest absolute Gasteiger partial charge is 0.313 e. The highest BCUT2D eigenvalue weighted by Crippen LogP contribution is 2.24. The molecule has 1 fully saturated rings. The van der Waals surface area contributed by atoms with Gasteiger partial charge in [-0.15, -0.1) is 0 Å². The number of para-hydroxylation sites is 3. The minimum absolute atomic E-state index is 0.0883. The number of amides is 2. The maximum Gasteiger partial charge on any atom is 0.313 e. The Morgan fingerprint density at radius 1 is 0.941 bits per heavy atom. The number of aromatic nitrogens is 1. The van der Waals surface area contributed by atoms with Crippen molar-refractivity contribution in [2.24, 2.45) is 0 Å². The molecule has 0 saturated carbocycles. The van der Waals surface area contributed by atoms with Gasteiger partial charge in [0.05, 0.1) is 18.8 Å². The van der Waals surface area contributed by atoms with Gasteiger partial charge in [0.25, 0.3) is 0 Å². The number of rotatable bonds is 7. The van der Waals surface area contributed by atoms with Gasteiger partial charge in [-0.2, -0.15) is 0 Å². The highest BCUT2D eigenvalue weighted by Gasteiger charge is 2.27. The van der Waals surface area contributed by atoms with E-state index in [9.17, 15) is 9.59 Å². The van der Waals surface area contributed by atoms with E-state index in [0.29, 0.717) is 18.0 Å². The molecule has 0 bridgehead atoms. The monoisotopic (exact) mass is 459 g/mol. The first-order valence-corrected chi connectivity index (χ1v) is 11.3. The molecule has 0 unspecified atom stereocenters. The SMILES string of the molecule is COc1ccccc1NC(=O)C(=O)NC[C@H](c1cccnc1)N1CCN(c2ccccc2)CC1. The summed E-state index contributed by atoms with van der Waals surface area (Å²) in [5.41, 5.74) is 2.66. The van der Waals surface area contributed by atoms with E-state index in [-0.39, 0.29) is 6.04 Å². The Morgan fingerprint density at radius 3 is 2.38 bits per heavy atom. The van der Waals surface area contributed by atoms with Crippen molar-refractivity contribution < 1.29 is 14.3 Å². The number of pyridine rings is 1. The van der Waals surface area contributed by atoms with Gasteiger partial charge < -0.3 is 20.3 Å². The molecule has 2 aromatic carbocycles. The molecule has 34 heavy (non-hydrogen) atoms. The molecule has 2 N–H and O–H groups in total. The van der Waals surface area contributed by atoms with Crippen LogP contribution in [-0.4, -0.2) is 61.5 Å². The Kier molecular flexibility index (Phi) is 7.72. The van der Waals surface area contributed by atoms with Crippen LogP contribution in [0.1, 0.15) is 11.6 Å². The maximum absolute atomic E-state index is 12.6. The summed E-state index contributed by atoms with van der Waals surface area (Å²) in [5.74, 6) is -0.931. The lowest BCUT2D eigenvalue weighted by Gasteiger charge is -2.40. The fourth-order valence-corrected chi connectivity index (χ4v) is 4.16. The van der Waals surface area contributed by atoms with Gasteiger partial charge in [-0.05, 0) is 35.9 Å². The second-order valence-electron chi connectivity index (χ2n) is 8.03. The van der Waals surface area contributed by atoms with E-state index >= 15 is 0 Å². The van der Waals surface area contributed by atoms with Crippen LogP contribution >= 0.6 is 0 Å². The van der Waals surface area contributed by atoms with E-state index in [1.807, 2.05) is 36.5 Å². The molecule has 0 radical (unpaired) electrons. The number of hydrogen-bond donors (Lipinski definition) is 2. The van der Waals surface area contributed by atoms with Gasteiger partial charge >= 0.3 is 11.8 Å². The minimum atomic E-state index is -0.733. The van der Waals surface area contributed by atoms with E-state index in [4.69, 9.17) is 4.74 Å². The summed E-state index contributed by atoms with van der Waals surface area (Å²) < 4.78 is 5.24. The fraction of sp³-hybridized carbons (Fsp3) is 0.269. The molecule has 1 atom stereocenters. The zero-order valence-electron chi connectivity index (χ0n) is 19.2. The number of carbonyl (C=O) groups is 2. The highest BCUT2D eigenvalue weighted by atomic mass is 16.5. The lowest BCUT2D eigenvalue weighted by molar-refractivity contribution is -0.136. The van der Waals surface area contributed by atoms with Crippen LogP contribution in [0, 0.1) is 0 Å². The normalized spacial score (nSPS) is 14.8. The Bertz CT molecular complexity index is 1090. The number of piperazine rings is 1. The third kappa shape index (κ3) is 5.71. The molecular weight excluding hydrogens is 430 g/mol. The number of ether oxygens (including phenoxy) is 1. The predicted octanol–water partition coefficient (Wildman–Crippen LogP) is 2.71. The summed E-state index contributed by atoms with van der Waals surface area (Å²) in [4.78, 5) is 34.0. The van der Waals surface area contributed by atoms with E-state index in [1.54, 1.807) is 30.5 Å². The molecule has 2 amide bonds. The molecular formula is C26H29N5O3. The number of benzene rings is 2. The molecule has 3 aromatic rings. The van der Waals surface area contributed by atoms with E-state index in [0.717, 1.165) is 31.7 Å². The summed E-state index contributed by atoms with van der Waals surface area (Å²) in [6.45, 7) is 3.72. The van der Waals surface area contributed by atoms with Crippen molar-refractivity contribution in [3.05, 3.63) is 84.7 Å². The molecule has 8 nitrogen and oxygen atoms in total. The standard InChI is InChI=1S/C26H29N5O3/c1-34-24-12-6-5-11-22(24)29-26(33)25(32)28-19-23(20-8-7-13-27-18-20)31-16-14-30(15-17-31)21-9-3-2-4-10-21/h2-13,18,23H,14-17,19H2,1H3,(H,28,32)(H,29,33)/t23-/m1/s1. The Morgan fingerprint density at radius 2 is 1.68 bits per heavy atom. The molecule has 0 spiro atoms. The van der Waals surface area contributed by atoms with Gasteiger partial charge in [-0.1, -0.05) is 36.4 Å². The quantitative estimate of drug-likeness (QED) is 0.529. The van der Waals surface area contributed by atoms with Crippen LogP contribution in [0.4, 0.5) is 11.4 Å². The summed E-state index contributed by atoms with van der Waals surface area (Å²) in [6.07, 6.45) is 3.54. The van der Waals surface area contributed by atoms with Gasteiger partial charge in [-0.25, -0.2) is 0 Å². The van der Waals surface area contributed by atoms with E-state index in [1.165, 1.54) is 12.8 Å². The van der Waals surface area contributed by atoms with Crippen molar-refractivity contribution >= 4 is 23.2 Å². The fourth-order valence-electron chi connectivity index (χ4n) is 4.16. The van der Waals surface area contributed by atoms with Crippen LogP contribution in [-0.2, 0) is 9.59 Å². The number of anilines is 2. The first kappa shape index (κ1) is 23.3. The molecule has 0 aliphatic carbocycles. The van der Waals surface area contributed by atoms with E-state index < -0.39 is 11.8 Å². The maximum atomic E-state index is 12.6. The van der Waals surface area contributed by atoms with Crippen molar-refractivity contribution in [1.82, 2.24) is 15.2 Å². The molecule has 2 heterocycles. The third-order valence-electron chi connectivity index (χ3n) is 5.96. The molecule has 176 valence electrons. The molecule has 8 heteroatoms. The molecule has 1 aromatic heterocycles. The minimum Gasteiger partial charge on any atom is -0.495 e. The molecule has 1 aliphatic rings. The number of nitrogens with zero attached hydrogens (tertiary/aromatic N) is 3. The summed E-state index contributed by atoms with van der Waals surface area (Å²) in [7, 11) is 1.51. The number of hydrogen-bond acceptors (Lipinski definition) is 6. The van der Waals surface area contributed by atoms with Crippen LogP contribution in [0.5, 0.6) is 5.75 Å². The second-order valence-corrected chi connectivity index (χ2v) is 8.03. The van der Waals surface area contributed by atoms with Crippen LogP contribution < -0.4 is 20.3 Å². The predicted molar refractivity (Wildman–Crippen MR) is 132 cm³/mol. The van der Waals surface area contributed by atoms with Gasteiger partial charge in [0, 0.05) is 50.8 Å². The zero-order valence-corrected chi connectivity index (χ0v) is 19.2. The van der Waals surface area contributed by atoms with Gasteiger partial charge in [0.1, 0.15) is 5.75 Å². The molecule has 1 aliphatic heterocycles. The first-order valence-electron chi connectivity index (χ1n) is 11.3.